The maximum Gasteiger partial charge on any atom is 0.165 e. The van der Waals surface area contributed by atoms with E-state index in [0.717, 1.165) is 37.7 Å². The molecule has 128 valence electrons. The van der Waals surface area contributed by atoms with Crippen LogP contribution in [-0.4, -0.2) is 5.11 Å². The van der Waals surface area contributed by atoms with Crippen LogP contribution in [0.4, 0.5) is 8.78 Å². The summed E-state index contributed by atoms with van der Waals surface area (Å²) in [5.74, 6) is -0.997. The second-order valence-corrected chi connectivity index (χ2v) is 7.54. The van der Waals surface area contributed by atoms with Gasteiger partial charge in [0.2, 0.25) is 0 Å². The molecule has 1 aliphatic rings. The molecule has 1 fully saturated rings. The zero-order valence-corrected chi connectivity index (χ0v) is 15.2. The lowest BCUT2D eigenvalue weighted by atomic mass is 9.75. The largest absolute Gasteiger partial charge is 0.384 e. The van der Waals surface area contributed by atoms with Gasteiger partial charge in [-0.25, -0.2) is 8.78 Å². The lowest BCUT2D eigenvalue weighted by Gasteiger charge is -2.31. The van der Waals surface area contributed by atoms with Crippen LogP contribution in [0.2, 0.25) is 0 Å². The number of hydrogen-bond acceptors (Lipinski definition) is 1. The van der Waals surface area contributed by atoms with Gasteiger partial charge in [0, 0.05) is 10.0 Å². The number of benzene rings is 1. The summed E-state index contributed by atoms with van der Waals surface area (Å²) >= 11 is 3.15. The van der Waals surface area contributed by atoms with Crippen molar-refractivity contribution in [1.29, 1.82) is 0 Å². The molecular formula is C19H25BrF2O. The Morgan fingerprint density at radius 1 is 1.30 bits per heavy atom. The third-order valence-electron chi connectivity index (χ3n) is 5.00. The van der Waals surface area contributed by atoms with Crippen LogP contribution in [0.25, 0.3) is 0 Å². The van der Waals surface area contributed by atoms with Crippen LogP contribution < -0.4 is 0 Å². The third kappa shape index (κ3) is 4.63. The Balaban J connectivity index is 2.01. The van der Waals surface area contributed by atoms with Crippen molar-refractivity contribution in [2.45, 2.75) is 58.0 Å². The first-order valence-electron chi connectivity index (χ1n) is 8.45. The smallest absolute Gasteiger partial charge is 0.165 e. The summed E-state index contributed by atoms with van der Waals surface area (Å²) in [5, 5.41) is 10.5. The number of hydrogen-bond donors (Lipinski definition) is 1. The Morgan fingerprint density at radius 3 is 2.57 bits per heavy atom. The van der Waals surface area contributed by atoms with Crippen molar-refractivity contribution in [1.82, 2.24) is 0 Å². The van der Waals surface area contributed by atoms with Crippen LogP contribution in [0, 0.1) is 23.5 Å². The molecule has 0 radical (unpaired) electrons. The average molecular weight is 387 g/mol. The number of halogens is 3. The average Bonchev–Trinajstić information content (AvgIpc) is 2.55. The number of aliphatic hydroxyl groups excluding tert-OH is 1. The van der Waals surface area contributed by atoms with E-state index in [9.17, 15) is 13.9 Å². The molecule has 4 heteroatoms. The van der Waals surface area contributed by atoms with E-state index in [1.54, 1.807) is 0 Å². The van der Waals surface area contributed by atoms with Gasteiger partial charge >= 0.3 is 0 Å². The van der Waals surface area contributed by atoms with Gasteiger partial charge in [0.05, 0.1) is 0 Å². The Bertz CT molecular complexity index is 551. The first-order chi connectivity index (χ1) is 10.9. The fraction of sp³-hybridized carbons (Fsp3) is 0.579. The molecular weight excluding hydrogens is 362 g/mol. The molecule has 0 saturated heterocycles. The SMILES string of the molecule is C=C(C1CCC(CCCC)CC1)C(O)c1cc(Br)cc(F)c1F. The molecule has 1 N–H and O–H groups in total. The molecule has 1 nitrogen and oxygen atoms in total. The van der Waals surface area contributed by atoms with Crippen LogP contribution in [0.1, 0.15) is 63.5 Å². The molecule has 0 spiro atoms. The maximum atomic E-state index is 14.0. The van der Waals surface area contributed by atoms with Crippen molar-refractivity contribution < 1.29 is 13.9 Å². The lowest BCUT2D eigenvalue weighted by molar-refractivity contribution is 0.177. The fourth-order valence-corrected chi connectivity index (χ4v) is 3.96. The van der Waals surface area contributed by atoms with Gasteiger partial charge in [-0.1, -0.05) is 48.7 Å². The van der Waals surface area contributed by atoms with Crippen LogP contribution in [0.15, 0.2) is 28.8 Å². The summed E-state index contributed by atoms with van der Waals surface area (Å²) in [6.07, 6.45) is 6.81. The van der Waals surface area contributed by atoms with Crippen molar-refractivity contribution >= 4 is 15.9 Å². The molecule has 0 aromatic heterocycles. The quantitative estimate of drug-likeness (QED) is 0.448. The molecule has 23 heavy (non-hydrogen) atoms. The summed E-state index contributed by atoms with van der Waals surface area (Å²) in [6, 6.07) is 2.49. The van der Waals surface area contributed by atoms with Gasteiger partial charge in [0.1, 0.15) is 6.10 Å². The van der Waals surface area contributed by atoms with Gasteiger partial charge in [-0.15, -0.1) is 0 Å². The summed E-state index contributed by atoms with van der Waals surface area (Å²) < 4.78 is 27.9. The highest BCUT2D eigenvalue weighted by Gasteiger charge is 2.28. The zero-order valence-electron chi connectivity index (χ0n) is 13.6. The van der Waals surface area contributed by atoms with E-state index < -0.39 is 17.7 Å². The van der Waals surface area contributed by atoms with Crippen molar-refractivity contribution in [3.8, 4) is 0 Å². The summed E-state index contributed by atoms with van der Waals surface area (Å²) in [7, 11) is 0. The monoisotopic (exact) mass is 386 g/mol. The molecule has 1 saturated carbocycles. The van der Waals surface area contributed by atoms with Gasteiger partial charge in [-0.2, -0.15) is 0 Å². The third-order valence-corrected chi connectivity index (χ3v) is 5.46. The van der Waals surface area contributed by atoms with E-state index in [4.69, 9.17) is 0 Å². The van der Waals surface area contributed by atoms with E-state index in [2.05, 4.69) is 29.4 Å². The van der Waals surface area contributed by atoms with Gasteiger partial charge in [0.15, 0.2) is 11.6 Å². The maximum absolute atomic E-state index is 14.0. The van der Waals surface area contributed by atoms with Crippen LogP contribution >= 0.6 is 15.9 Å². The van der Waals surface area contributed by atoms with Crippen molar-refractivity contribution in [2.24, 2.45) is 11.8 Å². The Kier molecular flexibility index (Phi) is 6.78. The Morgan fingerprint density at radius 2 is 1.96 bits per heavy atom. The molecule has 1 atom stereocenters. The fourth-order valence-electron chi connectivity index (χ4n) is 3.51. The van der Waals surface area contributed by atoms with Crippen molar-refractivity contribution in [3.05, 3.63) is 46.0 Å². The second-order valence-electron chi connectivity index (χ2n) is 6.63. The minimum Gasteiger partial charge on any atom is -0.384 e. The Labute approximate surface area is 145 Å². The molecule has 0 bridgehead atoms. The minimum atomic E-state index is -1.15. The zero-order chi connectivity index (χ0) is 17.0. The van der Waals surface area contributed by atoms with Gasteiger partial charge in [0.25, 0.3) is 0 Å². The molecule has 0 amide bonds. The molecule has 1 aromatic rings. The highest BCUT2D eigenvalue weighted by Crippen LogP contribution is 2.40. The molecule has 2 rings (SSSR count). The van der Waals surface area contributed by atoms with Crippen LogP contribution in [0.3, 0.4) is 0 Å². The standard InChI is InChI=1S/C19H25BrF2O/c1-3-4-5-13-6-8-14(9-7-13)12(2)19(23)16-10-15(20)11-17(21)18(16)22/h10-11,13-14,19,23H,2-9H2,1H3. The van der Waals surface area contributed by atoms with E-state index in [1.165, 1.54) is 25.3 Å². The highest BCUT2D eigenvalue weighted by atomic mass is 79.9. The molecule has 1 aliphatic carbocycles. The van der Waals surface area contributed by atoms with Crippen LogP contribution in [0.5, 0.6) is 0 Å². The van der Waals surface area contributed by atoms with E-state index in [-0.39, 0.29) is 11.5 Å². The summed E-state index contributed by atoms with van der Waals surface area (Å²) in [5.41, 5.74) is 0.574. The Hall–Kier alpha value is -0.740. The predicted molar refractivity (Wildman–Crippen MR) is 93.1 cm³/mol. The predicted octanol–water partition coefficient (Wildman–Crippen LogP) is 6.31. The second kappa shape index (κ2) is 8.39. The summed E-state index contributed by atoms with van der Waals surface area (Å²) in [4.78, 5) is 0. The topological polar surface area (TPSA) is 20.2 Å². The first kappa shape index (κ1) is 18.6. The van der Waals surface area contributed by atoms with Gasteiger partial charge < -0.3 is 5.11 Å². The van der Waals surface area contributed by atoms with Crippen molar-refractivity contribution in [2.75, 3.05) is 0 Å². The highest BCUT2D eigenvalue weighted by molar-refractivity contribution is 9.10. The number of unbranched alkanes of at least 4 members (excludes halogenated alkanes) is 1. The van der Waals surface area contributed by atoms with Crippen LogP contribution in [-0.2, 0) is 0 Å². The molecule has 0 heterocycles. The first-order valence-corrected chi connectivity index (χ1v) is 9.24. The number of aliphatic hydroxyl groups is 1. The summed E-state index contributed by atoms with van der Waals surface area (Å²) in [6.45, 7) is 6.19. The van der Waals surface area contributed by atoms with E-state index in [0.29, 0.717) is 10.0 Å². The lowest BCUT2D eigenvalue weighted by Crippen LogP contribution is -2.19. The normalized spacial score (nSPS) is 22.8. The van der Waals surface area contributed by atoms with E-state index >= 15 is 0 Å². The number of rotatable bonds is 6. The molecule has 1 aromatic carbocycles. The van der Waals surface area contributed by atoms with Crippen molar-refractivity contribution in [3.63, 3.8) is 0 Å². The van der Waals surface area contributed by atoms with Gasteiger partial charge in [-0.05, 0) is 55.2 Å². The minimum absolute atomic E-state index is 0.0324. The van der Waals surface area contributed by atoms with E-state index in [1.807, 2.05) is 0 Å². The molecule has 1 unspecified atom stereocenters. The molecule has 0 aliphatic heterocycles. The van der Waals surface area contributed by atoms with Gasteiger partial charge in [-0.3, -0.25) is 0 Å².